The summed E-state index contributed by atoms with van der Waals surface area (Å²) in [6.45, 7) is 4.10. The number of hydrogen-bond acceptors (Lipinski definition) is 4. The Morgan fingerprint density at radius 1 is 0.853 bits per heavy atom. The molecule has 2 saturated heterocycles. The minimum Gasteiger partial charge on any atom is -0.456 e. The number of hydrogen-bond donors (Lipinski definition) is 1. The van der Waals surface area contributed by atoms with Crippen molar-refractivity contribution in [1.29, 1.82) is 0 Å². The van der Waals surface area contributed by atoms with Crippen molar-refractivity contribution in [2.24, 2.45) is 0 Å². The molecule has 3 aliphatic heterocycles. The van der Waals surface area contributed by atoms with Gasteiger partial charge < -0.3 is 9.32 Å². The molecule has 3 heterocycles. The molecule has 0 bridgehead atoms. The summed E-state index contributed by atoms with van der Waals surface area (Å²) in [5, 5.41) is 1.93. The van der Waals surface area contributed by atoms with Gasteiger partial charge in [0.15, 0.2) is 0 Å². The first-order valence-electron chi connectivity index (χ1n) is 11.9. The van der Waals surface area contributed by atoms with E-state index in [2.05, 4.69) is 33.7 Å². The average molecular weight is 476 g/mol. The van der Waals surface area contributed by atoms with Crippen molar-refractivity contribution in [3.05, 3.63) is 66.0 Å². The van der Waals surface area contributed by atoms with Gasteiger partial charge in [-0.05, 0) is 37.1 Å². The summed E-state index contributed by atoms with van der Waals surface area (Å²) in [6.07, 6.45) is 4.72. The molecule has 1 aliphatic carbocycles. The molecule has 0 radical (unpaired) electrons. The standard InChI is InChI=1S/C27H26N2O4S/c30-34(31,32)26-8-2-1-7-23(26)27-21-11-9-19(28-13-3-4-14-28)17-24(21)33-25-18-20(10-12-22(25)27)29-15-5-6-16-29/h1-2,7-12,17-18H,3-6,13-16H2/p+1. The van der Waals surface area contributed by atoms with Crippen LogP contribution < -0.4 is 14.8 Å². The maximum absolute atomic E-state index is 12.3. The summed E-state index contributed by atoms with van der Waals surface area (Å²) in [5.74, 6) is 0.704. The SMILES string of the molecule is O=S(=O)(O)c1ccccc1-c1c2ccc(=[N+]3CCCC3)cc-2oc2cc(N3CCCC3)ccc12. The largest absolute Gasteiger partial charge is 0.456 e. The molecule has 0 spiro atoms. The summed E-state index contributed by atoms with van der Waals surface area (Å²) in [5.41, 5.74) is 3.86. The Bertz CT molecular complexity index is 1540. The monoisotopic (exact) mass is 475 g/mol. The lowest BCUT2D eigenvalue weighted by molar-refractivity contribution is 0.483. The van der Waals surface area contributed by atoms with E-state index >= 15 is 0 Å². The predicted molar refractivity (Wildman–Crippen MR) is 134 cm³/mol. The third-order valence-corrected chi connectivity index (χ3v) is 7.98. The Balaban J connectivity index is 1.68. The molecule has 0 unspecified atom stereocenters. The van der Waals surface area contributed by atoms with Crippen LogP contribution >= 0.6 is 0 Å². The van der Waals surface area contributed by atoms with E-state index in [0.717, 1.165) is 53.7 Å². The molecule has 4 aliphatic rings. The van der Waals surface area contributed by atoms with Crippen molar-refractivity contribution in [3.8, 4) is 22.5 Å². The zero-order valence-corrected chi connectivity index (χ0v) is 19.7. The third-order valence-electron chi connectivity index (χ3n) is 7.07. The van der Waals surface area contributed by atoms with Gasteiger partial charge in [-0.25, -0.2) is 4.58 Å². The molecule has 6 rings (SSSR count). The van der Waals surface area contributed by atoms with Crippen LogP contribution in [-0.4, -0.2) is 39.1 Å². The first-order valence-corrected chi connectivity index (χ1v) is 13.3. The minimum absolute atomic E-state index is 0.101. The Morgan fingerprint density at radius 2 is 1.62 bits per heavy atom. The highest BCUT2D eigenvalue weighted by Crippen LogP contribution is 2.43. The van der Waals surface area contributed by atoms with E-state index in [-0.39, 0.29) is 4.90 Å². The molecule has 2 fully saturated rings. The molecule has 174 valence electrons. The predicted octanol–water partition coefficient (Wildman–Crippen LogP) is 4.62. The fourth-order valence-corrected chi connectivity index (χ4v) is 6.10. The van der Waals surface area contributed by atoms with Gasteiger partial charge in [0.1, 0.15) is 29.3 Å². The lowest BCUT2D eigenvalue weighted by atomic mass is 9.93. The van der Waals surface area contributed by atoms with Crippen LogP contribution in [0.3, 0.4) is 0 Å². The van der Waals surface area contributed by atoms with E-state index in [1.807, 2.05) is 12.1 Å². The highest BCUT2D eigenvalue weighted by Gasteiger charge is 2.25. The fourth-order valence-electron chi connectivity index (χ4n) is 5.40. The highest BCUT2D eigenvalue weighted by molar-refractivity contribution is 7.86. The molecule has 0 atom stereocenters. The average Bonchev–Trinajstić information content (AvgIpc) is 3.56. The second kappa shape index (κ2) is 8.25. The quantitative estimate of drug-likeness (QED) is 0.266. The van der Waals surface area contributed by atoms with Crippen molar-refractivity contribution in [2.45, 2.75) is 30.6 Å². The van der Waals surface area contributed by atoms with E-state index < -0.39 is 10.1 Å². The molecule has 0 saturated carbocycles. The third kappa shape index (κ3) is 3.69. The van der Waals surface area contributed by atoms with E-state index in [0.29, 0.717) is 16.9 Å². The minimum atomic E-state index is -4.41. The summed E-state index contributed by atoms with van der Waals surface area (Å²) in [6, 6.07) is 18.9. The van der Waals surface area contributed by atoms with Gasteiger partial charge in [-0.2, -0.15) is 8.42 Å². The summed E-state index contributed by atoms with van der Waals surface area (Å²) >= 11 is 0. The lowest BCUT2D eigenvalue weighted by Gasteiger charge is -2.20. The van der Waals surface area contributed by atoms with Gasteiger partial charge in [0.2, 0.25) is 5.36 Å². The highest BCUT2D eigenvalue weighted by atomic mass is 32.2. The Hall–Kier alpha value is -3.16. The van der Waals surface area contributed by atoms with Gasteiger partial charge in [-0.3, -0.25) is 4.55 Å². The van der Waals surface area contributed by atoms with Crippen molar-refractivity contribution in [3.63, 3.8) is 0 Å². The van der Waals surface area contributed by atoms with Gasteiger partial charge in [-0.1, -0.05) is 18.2 Å². The lowest BCUT2D eigenvalue weighted by Crippen LogP contribution is -2.26. The molecule has 2 aromatic carbocycles. The van der Waals surface area contributed by atoms with Crippen LogP contribution in [0.5, 0.6) is 0 Å². The molecule has 6 nitrogen and oxygen atoms in total. The fraction of sp³-hybridized carbons (Fsp3) is 0.296. The van der Waals surface area contributed by atoms with Gasteiger partial charge >= 0.3 is 0 Å². The van der Waals surface area contributed by atoms with Crippen molar-refractivity contribution < 1.29 is 17.4 Å². The van der Waals surface area contributed by atoms with Gasteiger partial charge in [-0.15, -0.1) is 0 Å². The van der Waals surface area contributed by atoms with E-state index in [9.17, 15) is 13.0 Å². The molecular formula is C27H27N2O4S+. The maximum atomic E-state index is 12.3. The van der Waals surface area contributed by atoms with Crippen molar-refractivity contribution in [2.75, 3.05) is 31.1 Å². The summed E-state index contributed by atoms with van der Waals surface area (Å²) < 4.78 is 43.4. The second-order valence-corrected chi connectivity index (χ2v) is 10.6. The van der Waals surface area contributed by atoms with Gasteiger partial charge in [0.05, 0.1) is 6.07 Å². The zero-order chi connectivity index (χ0) is 23.3. The molecule has 1 N–H and O–H groups in total. The van der Waals surface area contributed by atoms with Crippen LogP contribution in [0.25, 0.3) is 33.4 Å². The second-order valence-electron chi connectivity index (χ2n) is 9.20. The van der Waals surface area contributed by atoms with Gasteiger partial charge in [0.25, 0.3) is 10.1 Å². The number of anilines is 1. The van der Waals surface area contributed by atoms with Crippen LogP contribution in [0.4, 0.5) is 5.69 Å². The summed E-state index contributed by atoms with van der Waals surface area (Å²) in [7, 11) is -4.41. The van der Waals surface area contributed by atoms with Crippen molar-refractivity contribution >= 4 is 26.8 Å². The number of benzene rings is 3. The normalized spacial score (nSPS) is 16.7. The number of rotatable bonds is 3. The van der Waals surface area contributed by atoms with Crippen LogP contribution in [0, 0.1) is 0 Å². The smallest absolute Gasteiger partial charge is 0.295 e. The molecule has 7 heteroatoms. The molecule has 34 heavy (non-hydrogen) atoms. The topological polar surface area (TPSA) is 73.8 Å². The van der Waals surface area contributed by atoms with E-state index in [1.165, 1.54) is 31.7 Å². The molecular weight excluding hydrogens is 448 g/mol. The van der Waals surface area contributed by atoms with Crippen molar-refractivity contribution in [1.82, 2.24) is 4.58 Å². The number of nitrogens with zero attached hydrogens (tertiary/aromatic N) is 2. The molecule has 2 aromatic rings. The van der Waals surface area contributed by atoms with Crippen LogP contribution in [0.15, 0.2) is 70.0 Å². The summed E-state index contributed by atoms with van der Waals surface area (Å²) in [4.78, 5) is 2.25. The molecule has 0 aromatic heterocycles. The number of fused-ring (bicyclic) bond motifs is 2. The Morgan fingerprint density at radius 3 is 2.38 bits per heavy atom. The van der Waals surface area contributed by atoms with Crippen LogP contribution in [0.1, 0.15) is 25.7 Å². The molecule has 0 amide bonds. The van der Waals surface area contributed by atoms with Crippen LogP contribution in [-0.2, 0) is 10.1 Å². The van der Waals surface area contributed by atoms with Gasteiger partial charge in [0, 0.05) is 65.8 Å². The zero-order valence-electron chi connectivity index (χ0n) is 18.9. The first-order chi connectivity index (χ1) is 16.5. The first kappa shape index (κ1) is 21.4. The van der Waals surface area contributed by atoms with E-state index in [1.54, 1.807) is 18.2 Å². The maximum Gasteiger partial charge on any atom is 0.295 e. The van der Waals surface area contributed by atoms with Crippen LogP contribution in [0.2, 0.25) is 0 Å². The van der Waals surface area contributed by atoms with E-state index in [4.69, 9.17) is 4.42 Å². The Labute approximate surface area is 198 Å². The Kier molecular flexibility index (Phi) is 5.19.